The number of aryl methyl sites for hydroxylation is 2. The first-order valence-corrected chi connectivity index (χ1v) is 13.5. The first-order chi connectivity index (χ1) is 17.3. The van der Waals surface area contributed by atoms with Crippen LogP contribution in [0.2, 0.25) is 0 Å². The van der Waals surface area contributed by atoms with Crippen LogP contribution in [0.5, 0.6) is 5.75 Å². The van der Waals surface area contributed by atoms with Gasteiger partial charge in [0.1, 0.15) is 17.9 Å². The molecule has 2 atom stereocenters. The number of fused-ring (bicyclic) bond motifs is 2. The van der Waals surface area contributed by atoms with Crippen molar-refractivity contribution < 1.29 is 19.1 Å². The highest BCUT2D eigenvalue weighted by Gasteiger charge is 2.43. The lowest BCUT2D eigenvalue weighted by Crippen LogP contribution is -2.55. The molecule has 5 rings (SSSR count). The topological polar surface area (TPSA) is 80.0 Å². The number of hydrogen-bond acceptors (Lipinski definition) is 5. The summed E-state index contributed by atoms with van der Waals surface area (Å²) in [6.07, 6.45) is 4.53. The number of aliphatic hydroxyl groups is 1. The fourth-order valence-corrected chi connectivity index (χ4v) is 6.16. The van der Waals surface area contributed by atoms with Crippen molar-refractivity contribution in [1.82, 2.24) is 4.90 Å². The molecule has 1 aliphatic carbocycles. The van der Waals surface area contributed by atoms with E-state index < -0.39 is 11.2 Å². The van der Waals surface area contributed by atoms with Crippen molar-refractivity contribution in [2.24, 2.45) is 5.92 Å². The van der Waals surface area contributed by atoms with Crippen molar-refractivity contribution in [2.45, 2.75) is 64.6 Å². The summed E-state index contributed by atoms with van der Waals surface area (Å²) in [4.78, 5) is 28.0. The number of amides is 1. The van der Waals surface area contributed by atoms with Crippen LogP contribution in [0.4, 0.5) is 0 Å². The van der Waals surface area contributed by atoms with Crippen LogP contribution in [0.3, 0.4) is 0 Å². The van der Waals surface area contributed by atoms with Gasteiger partial charge in [0.25, 0.3) is 0 Å². The molecule has 2 fully saturated rings. The van der Waals surface area contributed by atoms with E-state index in [1.807, 2.05) is 55.1 Å². The lowest BCUT2D eigenvalue weighted by Gasteiger charge is -2.47. The molecular weight excluding hydrogens is 522 g/mol. The van der Waals surface area contributed by atoms with Crippen LogP contribution in [-0.2, 0) is 17.8 Å². The molecule has 0 bridgehead atoms. The van der Waals surface area contributed by atoms with Gasteiger partial charge in [-0.15, -0.1) is 0 Å². The third-order valence-corrected chi connectivity index (χ3v) is 8.88. The van der Waals surface area contributed by atoms with Crippen molar-refractivity contribution in [3.8, 4) is 5.75 Å². The molecule has 0 spiro atoms. The molecule has 1 amide bonds. The van der Waals surface area contributed by atoms with Crippen LogP contribution >= 0.6 is 15.9 Å². The van der Waals surface area contributed by atoms with Gasteiger partial charge in [0, 0.05) is 40.0 Å². The van der Waals surface area contributed by atoms with Crippen LogP contribution in [0.15, 0.2) is 50.1 Å². The molecule has 1 aromatic heterocycles. The van der Waals surface area contributed by atoms with Crippen LogP contribution in [-0.4, -0.2) is 34.6 Å². The Morgan fingerprint density at radius 2 is 1.97 bits per heavy atom. The van der Waals surface area contributed by atoms with Crippen molar-refractivity contribution in [3.05, 3.63) is 73.5 Å². The molecule has 1 saturated heterocycles. The highest BCUT2D eigenvalue weighted by atomic mass is 79.9. The van der Waals surface area contributed by atoms with Gasteiger partial charge in [-0.05, 0) is 56.9 Å². The van der Waals surface area contributed by atoms with Crippen molar-refractivity contribution in [1.29, 1.82) is 0 Å². The molecule has 190 valence electrons. The first kappa shape index (κ1) is 25.0. The second-order valence-electron chi connectivity index (χ2n) is 10.3. The summed E-state index contributed by atoms with van der Waals surface area (Å²) in [5.74, 6) is 0.691. The average Bonchev–Trinajstić information content (AvgIpc) is 2.86. The summed E-state index contributed by atoms with van der Waals surface area (Å²) in [6.45, 7) is 5.23. The van der Waals surface area contributed by atoms with Crippen LogP contribution in [0, 0.1) is 19.8 Å². The van der Waals surface area contributed by atoms with Crippen LogP contribution in [0.25, 0.3) is 11.0 Å². The van der Waals surface area contributed by atoms with Crippen molar-refractivity contribution in [3.63, 3.8) is 0 Å². The summed E-state index contributed by atoms with van der Waals surface area (Å²) < 4.78 is 12.8. The molecule has 1 saturated carbocycles. The zero-order chi connectivity index (χ0) is 25.4. The number of benzene rings is 2. The number of halogens is 1. The molecule has 0 unspecified atom stereocenters. The minimum atomic E-state index is -0.638. The van der Waals surface area contributed by atoms with E-state index in [0.717, 1.165) is 52.2 Å². The van der Waals surface area contributed by atoms with Gasteiger partial charge in [0.15, 0.2) is 0 Å². The Bertz CT molecular complexity index is 1370. The normalized spacial score (nSPS) is 21.9. The maximum Gasteiger partial charge on any atom is 0.340 e. The Labute approximate surface area is 219 Å². The first-order valence-electron chi connectivity index (χ1n) is 12.7. The van der Waals surface area contributed by atoms with Gasteiger partial charge in [-0.25, -0.2) is 4.79 Å². The Hall–Kier alpha value is -2.64. The average molecular weight is 554 g/mol. The second kappa shape index (κ2) is 10.0. The van der Waals surface area contributed by atoms with Gasteiger partial charge in [-0.2, -0.15) is 0 Å². The lowest BCUT2D eigenvalue weighted by atomic mass is 9.71. The summed E-state index contributed by atoms with van der Waals surface area (Å²) in [5.41, 5.74) is 2.31. The molecule has 7 heteroatoms. The monoisotopic (exact) mass is 553 g/mol. The Balaban J connectivity index is 1.35. The molecule has 1 N–H and O–H groups in total. The lowest BCUT2D eigenvalue weighted by molar-refractivity contribution is -0.142. The SMILES string of the molecule is Cc1c(CC(=O)N2CC[C@]3(O)CCCC[C@H]3C2)c(=O)oc2c(C)c(OCc3ccccc3Br)ccc12. The fourth-order valence-electron chi connectivity index (χ4n) is 5.76. The summed E-state index contributed by atoms with van der Waals surface area (Å²) in [6, 6.07) is 11.7. The Kier molecular flexibility index (Phi) is 6.97. The number of ether oxygens (including phenoxy) is 1. The highest BCUT2D eigenvalue weighted by Crippen LogP contribution is 2.40. The minimum Gasteiger partial charge on any atom is -0.488 e. The van der Waals surface area contributed by atoms with E-state index in [9.17, 15) is 14.7 Å². The maximum absolute atomic E-state index is 13.2. The predicted octanol–water partition coefficient (Wildman–Crippen LogP) is 5.45. The quantitative estimate of drug-likeness (QED) is 0.425. The summed E-state index contributed by atoms with van der Waals surface area (Å²) in [7, 11) is 0. The Morgan fingerprint density at radius 1 is 1.17 bits per heavy atom. The van der Waals surface area contributed by atoms with E-state index in [2.05, 4.69) is 15.9 Å². The van der Waals surface area contributed by atoms with Crippen LogP contribution in [0.1, 0.15) is 54.4 Å². The zero-order valence-electron chi connectivity index (χ0n) is 20.8. The Morgan fingerprint density at radius 3 is 2.78 bits per heavy atom. The molecule has 1 aliphatic heterocycles. The van der Waals surface area contributed by atoms with Crippen molar-refractivity contribution >= 4 is 32.8 Å². The molecule has 2 aliphatic rings. The fraction of sp³-hybridized carbons (Fsp3) is 0.448. The van der Waals surface area contributed by atoms with Gasteiger partial charge < -0.3 is 19.2 Å². The van der Waals surface area contributed by atoms with Crippen molar-refractivity contribution in [2.75, 3.05) is 13.1 Å². The van der Waals surface area contributed by atoms with E-state index in [1.165, 1.54) is 0 Å². The smallest absolute Gasteiger partial charge is 0.340 e. The number of nitrogens with zero attached hydrogens (tertiary/aromatic N) is 1. The predicted molar refractivity (Wildman–Crippen MR) is 142 cm³/mol. The maximum atomic E-state index is 13.2. The van der Waals surface area contributed by atoms with E-state index in [-0.39, 0.29) is 18.2 Å². The third-order valence-electron chi connectivity index (χ3n) is 8.10. The van der Waals surface area contributed by atoms with Gasteiger partial charge >= 0.3 is 5.63 Å². The molecule has 6 nitrogen and oxygen atoms in total. The third kappa shape index (κ3) is 4.71. The van der Waals surface area contributed by atoms with Gasteiger partial charge in [-0.1, -0.05) is 47.0 Å². The number of carbonyl (C=O) groups is 1. The largest absolute Gasteiger partial charge is 0.488 e. The zero-order valence-corrected chi connectivity index (χ0v) is 22.4. The van der Waals surface area contributed by atoms with E-state index >= 15 is 0 Å². The molecule has 2 aromatic carbocycles. The molecular formula is C29H32BrNO5. The molecule has 2 heterocycles. The number of carbonyl (C=O) groups excluding carboxylic acids is 1. The van der Waals surface area contributed by atoms with Gasteiger partial charge in [-0.3, -0.25) is 4.79 Å². The summed E-state index contributed by atoms with van der Waals surface area (Å²) >= 11 is 3.54. The highest BCUT2D eigenvalue weighted by molar-refractivity contribution is 9.10. The molecule has 0 radical (unpaired) electrons. The van der Waals surface area contributed by atoms with Gasteiger partial charge in [0.05, 0.1) is 17.6 Å². The van der Waals surface area contributed by atoms with Gasteiger partial charge in [0.2, 0.25) is 5.91 Å². The molecule has 36 heavy (non-hydrogen) atoms. The number of hydrogen-bond donors (Lipinski definition) is 1. The standard InChI is InChI=1S/C29H32BrNO5/c1-18-22-10-11-25(35-17-20-7-3-4-9-24(20)30)19(2)27(22)36-28(33)23(18)15-26(32)31-14-13-29(34)12-6-5-8-21(29)16-31/h3-4,7,9-11,21,34H,5-6,8,12-17H2,1-2H3/t21-,29+/m0/s1. The number of likely N-dealkylation sites (tertiary alicyclic amines) is 1. The van der Waals surface area contributed by atoms with E-state index in [0.29, 0.717) is 43.0 Å². The van der Waals surface area contributed by atoms with E-state index in [4.69, 9.17) is 9.15 Å². The number of rotatable bonds is 5. The van der Waals surface area contributed by atoms with Crippen LogP contribution < -0.4 is 10.4 Å². The number of piperidine rings is 1. The van der Waals surface area contributed by atoms with E-state index in [1.54, 1.807) is 0 Å². The second-order valence-corrected chi connectivity index (χ2v) is 11.1. The summed E-state index contributed by atoms with van der Waals surface area (Å²) in [5, 5.41) is 11.7. The minimum absolute atomic E-state index is 0.00852. The molecule has 3 aromatic rings.